The molecule has 0 amide bonds. The molecule has 11 rings (SSSR count). The summed E-state index contributed by atoms with van der Waals surface area (Å²) in [5, 5.41) is 0. The third kappa shape index (κ3) is 4.24. The summed E-state index contributed by atoms with van der Waals surface area (Å²) in [6, 6.07) is 44.6. The molecule has 0 N–H and O–H groups in total. The summed E-state index contributed by atoms with van der Waals surface area (Å²) in [6.07, 6.45) is 9.54. The Morgan fingerprint density at radius 3 is 1.86 bits per heavy atom. The van der Waals surface area contributed by atoms with E-state index in [0.717, 1.165) is 23.7 Å². The number of fused-ring (bicyclic) bond motifs is 4. The summed E-state index contributed by atoms with van der Waals surface area (Å²) in [7, 11) is 0. The molecule has 1 nitrogen and oxygen atoms in total. The van der Waals surface area contributed by atoms with Gasteiger partial charge in [-0.2, -0.15) is 0 Å². The second kappa shape index (κ2) is 10.5. The van der Waals surface area contributed by atoms with E-state index in [0.29, 0.717) is 0 Å². The zero-order valence-electron chi connectivity index (χ0n) is 29.7. The smallest absolute Gasteiger partial charge is 0.0543 e. The second-order valence-electron chi connectivity index (χ2n) is 17.7. The predicted molar refractivity (Wildman–Crippen MR) is 205 cm³/mol. The Morgan fingerprint density at radius 2 is 1.10 bits per heavy atom. The summed E-state index contributed by atoms with van der Waals surface area (Å²) in [5.74, 6) is 3.38. The van der Waals surface area contributed by atoms with Gasteiger partial charge in [-0.3, -0.25) is 0 Å². The van der Waals surface area contributed by atoms with Gasteiger partial charge in [0.05, 0.1) is 5.69 Å². The lowest BCUT2D eigenvalue weighted by atomic mass is 9.43. The Labute approximate surface area is 293 Å². The van der Waals surface area contributed by atoms with E-state index in [4.69, 9.17) is 0 Å². The van der Waals surface area contributed by atoms with Gasteiger partial charge in [0.25, 0.3) is 0 Å². The molecule has 1 spiro atoms. The molecular weight excluding hydrogens is 591 g/mol. The van der Waals surface area contributed by atoms with Gasteiger partial charge in [0, 0.05) is 22.4 Å². The van der Waals surface area contributed by atoms with Crippen molar-refractivity contribution >= 4 is 17.1 Å². The highest BCUT2D eigenvalue weighted by molar-refractivity contribution is 5.96. The first-order chi connectivity index (χ1) is 23.7. The predicted octanol–water partition coefficient (Wildman–Crippen LogP) is 12.9. The van der Waals surface area contributed by atoms with E-state index in [1.807, 2.05) is 0 Å². The molecule has 0 unspecified atom stereocenters. The van der Waals surface area contributed by atoms with Crippen LogP contribution in [0.25, 0.3) is 22.3 Å². The van der Waals surface area contributed by atoms with Crippen LogP contribution in [0.2, 0.25) is 0 Å². The number of hydrogen-bond donors (Lipinski definition) is 0. The molecule has 4 saturated carbocycles. The highest BCUT2D eigenvalue weighted by Gasteiger charge is 2.61. The Balaban J connectivity index is 1.23. The number of benzene rings is 5. The fourth-order valence-corrected chi connectivity index (χ4v) is 12.0. The van der Waals surface area contributed by atoms with Gasteiger partial charge in [0.2, 0.25) is 0 Å². The van der Waals surface area contributed by atoms with E-state index in [1.54, 1.807) is 11.1 Å². The second-order valence-corrected chi connectivity index (χ2v) is 17.7. The minimum Gasteiger partial charge on any atom is -0.310 e. The van der Waals surface area contributed by atoms with Gasteiger partial charge < -0.3 is 4.90 Å². The monoisotopic (exact) mass is 639 g/mol. The zero-order valence-corrected chi connectivity index (χ0v) is 29.7. The molecule has 0 aliphatic heterocycles. The van der Waals surface area contributed by atoms with E-state index in [2.05, 4.69) is 148 Å². The average molecular weight is 640 g/mol. The lowest BCUT2D eigenvalue weighted by Crippen LogP contribution is -2.55. The first-order valence-corrected chi connectivity index (χ1v) is 19.1. The molecule has 6 aliphatic carbocycles. The fourth-order valence-electron chi connectivity index (χ4n) is 12.0. The molecule has 0 heterocycles. The van der Waals surface area contributed by atoms with Crippen LogP contribution in [0.3, 0.4) is 0 Å². The first kappa shape index (κ1) is 29.8. The molecule has 0 aromatic heterocycles. The third-order valence-electron chi connectivity index (χ3n) is 14.1. The van der Waals surface area contributed by atoms with Crippen LogP contribution in [0.4, 0.5) is 17.1 Å². The average Bonchev–Trinajstić information content (AvgIpc) is 3.41. The van der Waals surface area contributed by atoms with Crippen molar-refractivity contribution in [2.45, 2.75) is 88.9 Å². The van der Waals surface area contributed by atoms with Gasteiger partial charge in [-0.25, -0.2) is 0 Å². The van der Waals surface area contributed by atoms with Crippen molar-refractivity contribution < 1.29 is 0 Å². The SMILES string of the molecule is CC1(C)CCC(C)(C)c2cc(N(c3cccc(-c4ccccc4)c3)c3cccc4c3-c3ccccc3C43C4CC5CC(C4)CC3C5)ccc21. The van der Waals surface area contributed by atoms with Crippen molar-refractivity contribution in [3.8, 4) is 22.3 Å². The quantitative estimate of drug-likeness (QED) is 0.189. The molecule has 1 heteroatoms. The maximum absolute atomic E-state index is 2.62. The van der Waals surface area contributed by atoms with Gasteiger partial charge >= 0.3 is 0 Å². The minimum atomic E-state index is 0.133. The Kier molecular flexibility index (Phi) is 6.36. The van der Waals surface area contributed by atoms with Crippen molar-refractivity contribution in [1.82, 2.24) is 0 Å². The van der Waals surface area contributed by atoms with Crippen molar-refractivity contribution in [2.24, 2.45) is 23.7 Å². The molecule has 0 radical (unpaired) electrons. The van der Waals surface area contributed by atoms with E-state index in [-0.39, 0.29) is 16.2 Å². The van der Waals surface area contributed by atoms with Crippen LogP contribution < -0.4 is 4.90 Å². The topological polar surface area (TPSA) is 3.24 Å². The number of rotatable bonds is 4. The van der Waals surface area contributed by atoms with Crippen LogP contribution >= 0.6 is 0 Å². The van der Waals surface area contributed by atoms with Gasteiger partial charge in [0.15, 0.2) is 0 Å². The highest BCUT2D eigenvalue weighted by atomic mass is 15.1. The molecule has 6 aliphatic rings. The Bertz CT molecular complexity index is 2070. The van der Waals surface area contributed by atoms with Crippen LogP contribution in [0, 0.1) is 23.7 Å². The largest absolute Gasteiger partial charge is 0.310 e. The number of anilines is 3. The van der Waals surface area contributed by atoms with E-state index in [1.165, 1.54) is 95.4 Å². The molecule has 49 heavy (non-hydrogen) atoms. The van der Waals surface area contributed by atoms with E-state index < -0.39 is 0 Å². The first-order valence-electron chi connectivity index (χ1n) is 19.1. The van der Waals surface area contributed by atoms with Crippen molar-refractivity contribution in [2.75, 3.05) is 4.90 Å². The molecule has 0 saturated heterocycles. The van der Waals surface area contributed by atoms with Gasteiger partial charge in [-0.1, -0.05) is 113 Å². The van der Waals surface area contributed by atoms with Crippen LogP contribution in [0.1, 0.15) is 94.9 Å². The summed E-state index contributed by atoms with van der Waals surface area (Å²) < 4.78 is 0. The van der Waals surface area contributed by atoms with E-state index >= 15 is 0 Å². The van der Waals surface area contributed by atoms with Crippen LogP contribution in [0.15, 0.2) is 115 Å². The lowest BCUT2D eigenvalue weighted by molar-refractivity contribution is -0.0399. The van der Waals surface area contributed by atoms with Gasteiger partial charge in [0.1, 0.15) is 0 Å². The summed E-state index contributed by atoms with van der Waals surface area (Å²) in [4.78, 5) is 2.62. The summed E-state index contributed by atoms with van der Waals surface area (Å²) >= 11 is 0. The third-order valence-corrected chi connectivity index (χ3v) is 14.1. The van der Waals surface area contributed by atoms with Crippen molar-refractivity contribution in [3.05, 3.63) is 138 Å². The molecule has 5 aromatic carbocycles. The molecule has 0 atom stereocenters. The summed E-state index contributed by atoms with van der Waals surface area (Å²) in [5.41, 5.74) is 16.0. The maximum Gasteiger partial charge on any atom is 0.0543 e. The lowest BCUT2D eigenvalue weighted by Gasteiger charge is -2.61. The standard InChI is InChI=1S/C48H49N/c1-46(2)22-23-47(3,4)43-30-38(20-21-41(43)46)49(37-15-10-14-34(29-37)33-12-6-5-7-13-33)44-19-11-18-42-45(44)39-16-8-9-17-40(39)48(42)35-25-31-24-32(27-35)28-36(48)26-31/h5-21,29-32,35-36H,22-28H2,1-4H3. The van der Waals surface area contributed by atoms with Crippen LogP contribution in [-0.2, 0) is 16.2 Å². The van der Waals surface area contributed by atoms with Crippen molar-refractivity contribution in [3.63, 3.8) is 0 Å². The molecule has 246 valence electrons. The minimum absolute atomic E-state index is 0.133. The molecule has 4 fully saturated rings. The highest BCUT2D eigenvalue weighted by Crippen LogP contribution is 2.70. The number of nitrogens with zero attached hydrogens (tertiary/aromatic N) is 1. The van der Waals surface area contributed by atoms with Crippen LogP contribution in [-0.4, -0.2) is 0 Å². The normalized spacial score (nSPS) is 27.8. The zero-order chi connectivity index (χ0) is 33.1. The molecule has 5 aromatic rings. The van der Waals surface area contributed by atoms with Gasteiger partial charge in [-0.05, 0) is 149 Å². The van der Waals surface area contributed by atoms with Gasteiger partial charge in [-0.15, -0.1) is 0 Å². The molecule has 4 bridgehead atoms. The van der Waals surface area contributed by atoms with Crippen molar-refractivity contribution in [1.29, 1.82) is 0 Å². The Hall–Kier alpha value is -4.10. The van der Waals surface area contributed by atoms with E-state index in [9.17, 15) is 0 Å². The molecular formula is C48H49N. The Morgan fingerprint density at radius 1 is 0.490 bits per heavy atom. The van der Waals surface area contributed by atoms with Crippen LogP contribution in [0.5, 0.6) is 0 Å². The fraction of sp³-hybridized carbons (Fsp3) is 0.375. The maximum atomic E-state index is 2.62. The number of hydrogen-bond acceptors (Lipinski definition) is 1. The summed E-state index contributed by atoms with van der Waals surface area (Å²) in [6.45, 7) is 9.79.